The van der Waals surface area contributed by atoms with Gasteiger partial charge in [0.15, 0.2) is 0 Å². The summed E-state index contributed by atoms with van der Waals surface area (Å²) in [5, 5.41) is 14.1. The van der Waals surface area contributed by atoms with Gasteiger partial charge in [-0.25, -0.2) is 0 Å². The lowest BCUT2D eigenvalue weighted by Gasteiger charge is -2.33. The van der Waals surface area contributed by atoms with E-state index in [1.165, 1.54) is 35.6 Å². The van der Waals surface area contributed by atoms with E-state index in [0.29, 0.717) is 22.0 Å². The Hall–Kier alpha value is -3.00. The summed E-state index contributed by atoms with van der Waals surface area (Å²) in [4.78, 5) is 36.0. The van der Waals surface area contributed by atoms with E-state index in [4.69, 9.17) is 5.73 Å². The van der Waals surface area contributed by atoms with E-state index in [2.05, 4.69) is 26.1 Å². The molecule has 0 saturated carbocycles. The van der Waals surface area contributed by atoms with Gasteiger partial charge in [0, 0.05) is 23.1 Å². The Kier molecular flexibility index (Phi) is 6.07. The first kappa shape index (κ1) is 21.7. The molecular weight excluding hydrogens is 402 g/mol. The van der Waals surface area contributed by atoms with E-state index in [1.54, 1.807) is 12.1 Å². The average molecular weight is 428 g/mol. The fourth-order valence-electron chi connectivity index (χ4n) is 3.74. The molecule has 1 aliphatic rings. The van der Waals surface area contributed by atoms with Crippen LogP contribution in [-0.4, -0.2) is 16.7 Å². The third kappa shape index (κ3) is 4.76. The minimum absolute atomic E-state index is 0.0482. The number of nitrogens with two attached hydrogens (primary N) is 1. The molecule has 1 heterocycles. The molecule has 8 heteroatoms. The Morgan fingerprint density at radius 1 is 1.33 bits per heavy atom. The van der Waals surface area contributed by atoms with Crippen LogP contribution in [0, 0.1) is 21.4 Å². The van der Waals surface area contributed by atoms with Crippen LogP contribution >= 0.6 is 11.3 Å². The number of nitrogens with one attached hydrogen (secondary N) is 1. The fraction of sp³-hybridized carbons (Fsp3) is 0.364. The summed E-state index contributed by atoms with van der Waals surface area (Å²) < 4.78 is 0. The monoisotopic (exact) mass is 427 g/mol. The van der Waals surface area contributed by atoms with Crippen molar-refractivity contribution in [3.05, 3.63) is 62.0 Å². The number of carbonyl (C=O) groups excluding carboxylic acids is 2. The van der Waals surface area contributed by atoms with E-state index in [0.717, 1.165) is 29.7 Å². The molecule has 1 aliphatic carbocycles. The van der Waals surface area contributed by atoms with Crippen molar-refractivity contribution in [3.63, 3.8) is 0 Å². The van der Waals surface area contributed by atoms with Gasteiger partial charge >= 0.3 is 0 Å². The summed E-state index contributed by atoms with van der Waals surface area (Å²) in [5.74, 6) is -0.462. The van der Waals surface area contributed by atoms with Crippen molar-refractivity contribution in [2.75, 3.05) is 5.32 Å². The van der Waals surface area contributed by atoms with E-state index in [9.17, 15) is 19.7 Å². The molecule has 7 nitrogen and oxygen atoms in total. The Labute approximate surface area is 179 Å². The molecule has 1 unspecified atom stereocenters. The average Bonchev–Trinajstić information content (AvgIpc) is 3.03. The van der Waals surface area contributed by atoms with Crippen LogP contribution in [0.15, 0.2) is 30.3 Å². The number of rotatable bonds is 5. The van der Waals surface area contributed by atoms with Gasteiger partial charge in [0.1, 0.15) is 5.00 Å². The van der Waals surface area contributed by atoms with Gasteiger partial charge in [0.2, 0.25) is 5.91 Å². The van der Waals surface area contributed by atoms with Crippen LogP contribution in [0.5, 0.6) is 0 Å². The van der Waals surface area contributed by atoms with Crippen LogP contribution in [0.3, 0.4) is 0 Å². The van der Waals surface area contributed by atoms with Crippen LogP contribution in [0.1, 0.15) is 53.6 Å². The Balaban J connectivity index is 1.80. The topological polar surface area (TPSA) is 115 Å². The molecule has 2 aromatic rings. The van der Waals surface area contributed by atoms with Crippen molar-refractivity contribution in [2.45, 2.75) is 40.0 Å². The fourth-order valence-corrected chi connectivity index (χ4v) is 5.08. The van der Waals surface area contributed by atoms with Crippen molar-refractivity contribution in [1.82, 2.24) is 0 Å². The Morgan fingerprint density at radius 2 is 2.07 bits per heavy atom. The summed E-state index contributed by atoms with van der Waals surface area (Å²) in [7, 11) is 0. The molecule has 0 aliphatic heterocycles. The third-order valence-corrected chi connectivity index (χ3v) is 6.65. The molecule has 1 atom stereocenters. The first-order chi connectivity index (χ1) is 14.1. The predicted molar refractivity (Wildman–Crippen MR) is 119 cm³/mol. The summed E-state index contributed by atoms with van der Waals surface area (Å²) >= 11 is 1.41. The molecule has 0 saturated heterocycles. The van der Waals surface area contributed by atoms with E-state index >= 15 is 0 Å². The number of benzene rings is 1. The quantitative estimate of drug-likeness (QED) is 0.413. The van der Waals surface area contributed by atoms with Gasteiger partial charge in [-0.05, 0) is 47.8 Å². The molecule has 3 N–H and O–H groups in total. The second kappa shape index (κ2) is 8.39. The number of hydrogen-bond acceptors (Lipinski definition) is 5. The molecule has 3 rings (SSSR count). The number of hydrogen-bond donors (Lipinski definition) is 2. The molecule has 2 amide bonds. The van der Waals surface area contributed by atoms with Gasteiger partial charge in [0.05, 0.1) is 10.5 Å². The lowest BCUT2D eigenvalue weighted by Crippen LogP contribution is -2.27. The van der Waals surface area contributed by atoms with Crippen LogP contribution in [0.4, 0.5) is 10.7 Å². The molecular formula is C22H25N3O4S. The van der Waals surface area contributed by atoms with Crippen molar-refractivity contribution >= 4 is 39.9 Å². The number of fused-ring (bicyclic) bond motifs is 1. The number of nitrogens with zero attached hydrogens (tertiary/aromatic N) is 1. The molecule has 158 valence electrons. The molecule has 30 heavy (non-hydrogen) atoms. The van der Waals surface area contributed by atoms with E-state index in [-0.39, 0.29) is 11.1 Å². The summed E-state index contributed by atoms with van der Waals surface area (Å²) in [6, 6.07) is 5.99. The van der Waals surface area contributed by atoms with Gasteiger partial charge < -0.3 is 11.1 Å². The van der Waals surface area contributed by atoms with Crippen molar-refractivity contribution < 1.29 is 14.5 Å². The number of carbonyl (C=O) groups is 2. The minimum Gasteiger partial charge on any atom is -0.365 e. The van der Waals surface area contributed by atoms with Gasteiger partial charge in [-0.15, -0.1) is 11.3 Å². The first-order valence-electron chi connectivity index (χ1n) is 9.74. The first-order valence-corrected chi connectivity index (χ1v) is 10.6. The zero-order valence-corrected chi connectivity index (χ0v) is 18.0. The van der Waals surface area contributed by atoms with Gasteiger partial charge in [-0.2, -0.15) is 0 Å². The predicted octanol–water partition coefficient (Wildman–Crippen LogP) is 4.56. The number of amides is 2. The minimum atomic E-state index is -0.542. The van der Waals surface area contributed by atoms with Crippen molar-refractivity contribution in [3.8, 4) is 0 Å². The largest absolute Gasteiger partial charge is 0.365 e. The van der Waals surface area contributed by atoms with Gasteiger partial charge in [-0.1, -0.05) is 32.9 Å². The highest BCUT2D eigenvalue weighted by molar-refractivity contribution is 7.17. The number of primary amides is 1. The lowest BCUT2D eigenvalue weighted by atomic mass is 9.72. The van der Waals surface area contributed by atoms with Crippen LogP contribution in [0.25, 0.3) is 6.08 Å². The standard InChI is InChI=1S/C22H25N3O4S/c1-22(2,3)14-8-9-16-17(12-14)30-21(19(16)20(23)27)24-18(26)10-7-13-5-4-6-15(11-13)25(28)29/h4-7,10-11,14H,8-9,12H2,1-3H3,(H2,23,27)(H,24,26)/b10-7-. The normalized spacial score (nSPS) is 16.3. The van der Waals surface area contributed by atoms with Gasteiger partial charge in [-0.3, -0.25) is 19.7 Å². The van der Waals surface area contributed by atoms with Crippen LogP contribution in [-0.2, 0) is 17.6 Å². The Morgan fingerprint density at radius 3 is 2.70 bits per heavy atom. The lowest BCUT2D eigenvalue weighted by molar-refractivity contribution is -0.384. The van der Waals surface area contributed by atoms with Crippen LogP contribution in [0.2, 0.25) is 0 Å². The number of anilines is 1. The maximum atomic E-state index is 12.4. The number of thiophene rings is 1. The maximum absolute atomic E-state index is 12.4. The third-order valence-electron chi connectivity index (χ3n) is 5.48. The zero-order chi connectivity index (χ0) is 22.1. The van der Waals surface area contributed by atoms with Crippen molar-refractivity contribution in [2.24, 2.45) is 17.1 Å². The highest BCUT2D eigenvalue weighted by Crippen LogP contribution is 2.44. The summed E-state index contributed by atoms with van der Waals surface area (Å²) in [6.45, 7) is 6.64. The molecule has 1 aromatic carbocycles. The molecule has 0 bridgehead atoms. The SMILES string of the molecule is CC(C)(C)C1CCc2c(sc(NC(=O)/C=C\c3cccc([N+](=O)[O-])c3)c2C(N)=O)C1. The maximum Gasteiger partial charge on any atom is 0.270 e. The Bertz CT molecular complexity index is 1030. The van der Waals surface area contributed by atoms with E-state index in [1.807, 2.05) is 0 Å². The smallest absolute Gasteiger partial charge is 0.270 e. The van der Waals surface area contributed by atoms with E-state index < -0.39 is 16.7 Å². The summed E-state index contributed by atoms with van der Waals surface area (Å²) in [5.41, 5.74) is 7.63. The van der Waals surface area contributed by atoms with Crippen LogP contribution < -0.4 is 11.1 Å². The zero-order valence-electron chi connectivity index (χ0n) is 17.2. The molecule has 0 radical (unpaired) electrons. The highest BCUT2D eigenvalue weighted by Gasteiger charge is 2.33. The number of nitro groups is 1. The molecule has 0 spiro atoms. The van der Waals surface area contributed by atoms with Crippen molar-refractivity contribution in [1.29, 1.82) is 0 Å². The second-order valence-corrected chi connectivity index (χ2v) is 9.66. The number of non-ortho nitro benzene ring substituents is 1. The molecule has 1 aromatic heterocycles. The second-order valence-electron chi connectivity index (χ2n) is 8.55. The summed E-state index contributed by atoms with van der Waals surface area (Å²) in [6.07, 6.45) is 5.40. The number of nitro benzene ring substituents is 1. The van der Waals surface area contributed by atoms with Gasteiger partial charge in [0.25, 0.3) is 11.6 Å². The molecule has 0 fully saturated rings. The highest BCUT2D eigenvalue weighted by atomic mass is 32.1.